The van der Waals surface area contributed by atoms with E-state index in [9.17, 15) is 4.79 Å². The van der Waals surface area contributed by atoms with Crippen molar-refractivity contribution in [2.75, 3.05) is 14.2 Å². The maximum absolute atomic E-state index is 11.5. The van der Waals surface area contributed by atoms with Crippen LogP contribution in [0.2, 0.25) is 0 Å². The Hall–Kier alpha value is -2.15. The zero-order chi connectivity index (χ0) is 13.0. The molecular formula is C11H13N3O4. The first kappa shape index (κ1) is 12.3. The smallest absolute Gasteiger partial charge is 0.360 e. The summed E-state index contributed by atoms with van der Waals surface area (Å²) in [7, 11) is 2.83. The van der Waals surface area contributed by atoms with Gasteiger partial charge in [0.15, 0.2) is 5.69 Å². The van der Waals surface area contributed by atoms with Gasteiger partial charge in [-0.15, -0.1) is 5.10 Å². The lowest BCUT2D eigenvalue weighted by Crippen LogP contribution is -2.11. The van der Waals surface area contributed by atoms with Gasteiger partial charge in [-0.1, -0.05) is 5.21 Å². The van der Waals surface area contributed by atoms with E-state index < -0.39 is 5.97 Å². The van der Waals surface area contributed by atoms with Gasteiger partial charge in [-0.25, -0.2) is 9.48 Å². The van der Waals surface area contributed by atoms with Gasteiger partial charge in [0.2, 0.25) is 0 Å². The largest absolute Gasteiger partial charge is 0.467 e. The van der Waals surface area contributed by atoms with E-state index in [4.69, 9.17) is 9.15 Å². The summed E-state index contributed by atoms with van der Waals surface area (Å²) in [6, 6.07) is 3.60. The highest BCUT2D eigenvalue weighted by Crippen LogP contribution is 2.11. The summed E-state index contributed by atoms with van der Waals surface area (Å²) in [6.07, 6.45) is 1.57. The van der Waals surface area contributed by atoms with Gasteiger partial charge in [0.1, 0.15) is 12.3 Å². The Bertz CT molecular complexity index is 518. The minimum atomic E-state index is -0.534. The lowest BCUT2D eigenvalue weighted by atomic mass is 10.3. The van der Waals surface area contributed by atoms with Gasteiger partial charge < -0.3 is 13.9 Å². The SMILES string of the molecule is COCc1c(C(=O)OC)nnn1Cc1ccco1. The highest BCUT2D eigenvalue weighted by molar-refractivity contribution is 5.88. The molecule has 0 atom stereocenters. The van der Waals surface area contributed by atoms with Crippen molar-refractivity contribution in [3.8, 4) is 0 Å². The van der Waals surface area contributed by atoms with Crippen LogP contribution in [0.4, 0.5) is 0 Å². The molecule has 96 valence electrons. The summed E-state index contributed by atoms with van der Waals surface area (Å²) in [5, 5.41) is 7.71. The molecule has 2 aromatic rings. The summed E-state index contributed by atoms with van der Waals surface area (Å²) in [5.41, 5.74) is 0.714. The van der Waals surface area contributed by atoms with Crippen LogP contribution in [-0.4, -0.2) is 35.2 Å². The normalized spacial score (nSPS) is 10.6. The number of aromatic nitrogens is 3. The van der Waals surface area contributed by atoms with Crippen LogP contribution in [-0.2, 0) is 22.6 Å². The molecule has 0 spiro atoms. The van der Waals surface area contributed by atoms with E-state index in [-0.39, 0.29) is 12.3 Å². The van der Waals surface area contributed by atoms with Crippen molar-refractivity contribution >= 4 is 5.97 Å². The van der Waals surface area contributed by atoms with E-state index in [2.05, 4.69) is 15.0 Å². The lowest BCUT2D eigenvalue weighted by molar-refractivity contribution is 0.0588. The number of hydrogen-bond acceptors (Lipinski definition) is 6. The Labute approximate surface area is 103 Å². The molecule has 0 aliphatic heterocycles. The summed E-state index contributed by atoms with van der Waals surface area (Å²) < 4.78 is 16.5. The molecule has 0 fully saturated rings. The first-order valence-corrected chi connectivity index (χ1v) is 5.28. The van der Waals surface area contributed by atoms with Crippen LogP contribution in [0.1, 0.15) is 21.9 Å². The number of esters is 1. The third-order valence-corrected chi connectivity index (χ3v) is 2.38. The first-order chi connectivity index (χ1) is 8.76. The zero-order valence-electron chi connectivity index (χ0n) is 10.1. The van der Waals surface area contributed by atoms with Gasteiger partial charge in [0.05, 0.1) is 25.7 Å². The number of nitrogens with zero attached hydrogens (tertiary/aromatic N) is 3. The predicted octanol–water partition coefficient (Wildman–Crippen LogP) is 0.852. The van der Waals surface area contributed by atoms with Crippen LogP contribution >= 0.6 is 0 Å². The molecular weight excluding hydrogens is 238 g/mol. The first-order valence-electron chi connectivity index (χ1n) is 5.28. The van der Waals surface area contributed by atoms with Crippen LogP contribution in [0.5, 0.6) is 0 Å². The molecule has 0 aromatic carbocycles. The van der Waals surface area contributed by atoms with Crippen LogP contribution in [0.3, 0.4) is 0 Å². The molecule has 0 aliphatic rings. The maximum atomic E-state index is 11.5. The fraction of sp³-hybridized carbons (Fsp3) is 0.364. The highest BCUT2D eigenvalue weighted by Gasteiger charge is 2.20. The van der Waals surface area contributed by atoms with Crippen molar-refractivity contribution in [3.63, 3.8) is 0 Å². The summed E-state index contributed by atoms with van der Waals surface area (Å²) >= 11 is 0. The van der Waals surface area contributed by atoms with Crippen LogP contribution in [0, 0.1) is 0 Å². The average molecular weight is 251 g/mol. The van der Waals surface area contributed by atoms with Gasteiger partial charge in [-0.3, -0.25) is 0 Å². The topological polar surface area (TPSA) is 79.4 Å². The van der Waals surface area contributed by atoms with Gasteiger partial charge in [-0.2, -0.15) is 0 Å². The van der Waals surface area contributed by atoms with Gasteiger partial charge >= 0.3 is 5.97 Å². The molecule has 0 N–H and O–H groups in total. The van der Waals surface area contributed by atoms with E-state index in [1.165, 1.54) is 14.2 Å². The summed E-state index contributed by atoms with van der Waals surface area (Å²) in [6.45, 7) is 0.605. The van der Waals surface area contributed by atoms with Crippen LogP contribution in [0.25, 0.3) is 0 Å². The van der Waals surface area contributed by atoms with Crippen molar-refractivity contribution in [1.29, 1.82) is 0 Å². The number of furan rings is 1. The number of rotatable bonds is 5. The fourth-order valence-corrected chi connectivity index (χ4v) is 1.54. The maximum Gasteiger partial charge on any atom is 0.360 e. The minimum Gasteiger partial charge on any atom is -0.467 e. The van der Waals surface area contributed by atoms with Crippen molar-refractivity contribution in [3.05, 3.63) is 35.5 Å². The van der Waals surface area contributed by atoms with Crippen molar-refractivity contribution < 1.29 is 18.7 Å². The second-order valence-corrected chi connectivity index (χ2v) is 3.55. The average Bonchev–Trinajstić information content (AvgIpc) is 3.01. The standard InChI is InChI=1S/C11H13N3O4/c1-16-7-9-10(11(15)17-2)12-13-14(9)6-8-4-3-5-18-8/h3-5H,6-7H2,1-2H3. The van der Waals surface area contributed by atoms with Crippen LogP contribution < -0.4 is 0 Å². The Balaban J connectivity index is 2.29. The Morgan fingerprint density at radius 3 is 2.94 bits per heavy atom. The Morgan fingerprint density at radius 1 is 1.50 bits per heavy atom. The molecule has 2 aromatic heterocycles. The van der Waals surface area contributed by atoms with E-state index >= 15 is 0 Å². The van der Waals surface area contributed by atoms with Crippen molar-refractivity contribution in [1.82, 2.24) is 15.0 Å². The molecule has 7 nitrogen and oxygen atoms in total. The molecule has 0 unspecified atom stereocenters. The molecule has 0 bridgehead atoms. The Morgan fingerprint density at radius 2 is 2.33 bits per heavy atom. The molecule has 0 aliphatic carbocycles. The number of hydrogen-bond donors (Lipinski definition) is 0. The Kier molecular flexibility index (Phi) is 3.73. The molecule has 0 amide bonds. The number of carbonyl (C=O) groups is 1. The monoisotopic (exact) mass is 251 g/mol. The third kappa shape index (κ3) is 2.40. The molecule has 7 heteroatoms. The van der Waals surface area contributed by atoms with Crippen molar-refractivity contribution in [2.45, 2.75) is 13.2 Å². The molecule has 2 heterocycles. The summed E-state index contributed by atoms with van der Waals surface area (Å²) in [5.74, 6) is 0.182. The molecule has 0 saturated carbocycles. The van der Waals surface area contributed by atoms with Gasteiger partial charge in [0.25, 0.3) is 0 Å². The van der Waals surface area contributed by atoms with E-state index in [1.807, 2.05) is 6.07 Å². The summed E-state index contributed by atoms with van der Waals surface area (Å²) in [4.78, 5) is 11.5. The lowest BCUT2D eigenvalue weighted by Gasteiger charge is -2.04. The van der Waals surface area contributed by atoms with E-state index in [0.29, 0.717) is 18.0 Å². The third-order valence-electron chi connectivity index (χ3n) is 2.38. The highest BCUT2D eigenvalue weighted by atomic mass is 16.5. The van der Waals surface area contributed by atoms with Crippen molar-refractivity contribution in [2.24, 2.45) is 0 Å². The molecule has 2 rings (SSSR count). The molecule has 18 heavy (non-hydrogen) atoms. The zero-order valence-corrected chi connectivity index (χ0v) is 10.1. The molecule has 0 radical (unpaired) electrons. The number of carbonyl (C=O) groups excluding carboxylic acids is 1. The second-order valence-electron chi connectivity index (χ2n) is 3.55. The number of ether oxygens (including phenoxy) is 2. The predicted molar refractivity (Wildman–Crippen MR) is 59.9 cm³/mol. The molecule has 0 saturated heterocycles. The van der Waals surface area contributed by atoms with Gasteiger partial charge in [0, 0.05) is 7.11 Å². The number of methoxy groups -OCH3 is 2. The van der Waals surface area contributed by atoms with E-state index in [0.717, 1.165) is 0 Å². The van der Waals surface area contributed by atoms with E-state index in [1.54, 1.807) is 17.0 Å². The fourth-order valence-electron chi connectivity index (χ4n) is 1.54. The van der Waals surface area contributed by atoms with Crippen LogP contribution in [0.15, 0.2) is 22.8 Å². The minimum absolute atomic E-state index is 0.158. The quantitative estimate of drug-likeness (QED) is 0.733. The van der Waals surface area contributed by atoms with Gasteiger partial charge in [-0.05, 0) is 12.1 Å². The second kappa shape index (κ2) is 5.46.